The highest BCUT2D eigenvalue weighted by Crippen LogP contribution is 2.72. The van der Waals surface area contributed by atoms with Gasteiger partial charge in [-0.2, -0.15) is 0 Å². The van der Waals surface area contributed by atoms with E-state index in [9.17, 15) is 9.59 Å². The minimum absolute atomic E-state index is 0.161. The summed E-state index contributed by atoms with van der Waals surface area (Å²) in [4.78, 5) is 67.9. The minimum atomic E-state index is -1.99. The molecule has 1 saturated carbocycles. The van der Waals surface area contributed by atoms with E-state index in [1.165, 1.54) is 24.0 Å². The number of carbonyl (C=O) groups is 4. The smallest absolute Gasteiger partial charge is 0.311 e. The third-order valence-electron chi connectivity index (χ3n) is 10.3. The molecule has 0 bridgehead atoms. The number of carbonyl (C=O) groups excluding carboxylic acids is 4. The Morgan fingerprint density at radius 2 is 1.12 bits per heavy atom. The molecule has 7 atom stereocenters. The first-order valence-corrected chi connectivity index (χ1v) is 18.7. The lowest BCUT2D eigenvalue weighted by Crippen LogP contribution is -2.63. The van der Waals surface area contributed by atoms with Crippen LogP contribution >= 0.6 is 48.0 Å². The van der Waals surface area contributed by atoms with Crippen LogP contribution in [0, 0.1) is 11.8 Å². The van der Waals surface area contributed by atoms with Gasteiger partial charge in [0.05, 0.1) is 43.7 Å². The SMILES string of the molecule is COC(=O)[C@@H]1C(c2ccc3ccccc3n2)[C@@H](C(=O)OC)[C@]2(SC(=S)N(C(C)c3ccccc3)C2=O)[C@]12SC(=S)N(C(C)c1ccccc1)C2=O. The van der Waals surface area contributed by atoms with Crippen LogP contribution in [0.5, 0.6) is 0 Å². The lowest BCUT2D eigenvalue weighted by atomic mass is 9.81. The predicted molar refractivity (Wildman–Crippen MR) is 205 cm³/mol. The van der Waals surface area contributed by atoms with E-state index >= 15 is 9.59 Å². The fourth-order valence-electron chi connectivity index (χ4n) is 7.92. The van der Waals surface area contributed by atoms with Crippen molar-refractivity contribution in [2.75, 3.05) is 14.2 Å². The lowest BCUT2D eigenvalue weighted by molar-refractivity contribution is -0.151. The van der Waals surface area contributed by atoms with Gasteiger partial charge in [-0.05, 0) is 37.1 Å². The van der Waals surface area contributed by atoms with Gasteiger partial charge in [-0.25, -0.2) is 0 Å². The van der Waals surface area contributed by atoms with Crippen LogP contribution in [-0.2, 0) is 28.7 Å². The number of hydrogen-bond acceptors (Lipinski definition) is 11. The van der Waals surface area contributed by atoms with Gasteiger partial charge in [0.1, 0.15) is 18.1 Å². The van der Waals surface area contributed by atoms with Gasteiger partial charge in [-0.3, -0.25) is 34.0 Å². The molecule has 3 heterocycles. The summed E-state index contributed by atoms with van der Waals surface area (Å²) in [5, 5.41) is 0.832. The van der Waals surface area contributed by atoms with E-state index < -0.39 is 63.1 Å². The van der Waals surface area contributed by atoms with Crippen molar-refractivity contribution in [3.63, 3.8) is 0 Å². The molecule has 9 nitrogen and oxygen atoms in total. The topological polar surface area (TPSA) is 106 Å². The molecule has 7 rings (SSSR count). The predicted octanol–water partition coefficient (Wildman–Crippen LogP) is 6.63. The molecule has 2 amide bonds. The van der Waals surface area contributed by atoms with Crippen LogP contribution in [0.2, 0.25) is 0 Å². The Morgan fingerprint density at radius 1 is 0.686 bits per heavy atom. The van der Waals surface area contributed by atoms with E-state index in [0.717, 1.165) is 40.0 Å². The van der Waals surface area contributed by atoms with Gasteiger partial charge in [0.2, 0.25) is 11.8 Å². The maximum atomic E-state index is 15.6. The number of aromatic nitrogens is 1. The number of esters is 2. The fourth-order valence-corrected chi connectivity index (χ4v) is 12.5. The maximum absolute atomic E-state index is 15.6. The summed E-state index contributed by atoms with van der Waals surface area (Å²) in [6, 6.07) is 28.6. The number of benzene rings is 3. The molecule has 260 valence electrons. The highest BCUT2D eigenvalue weighted by atomic mass is 32.2. The minimum Gasteiger partial charge on any atom is -0.469 e. The largest absolute Gasteiger partial charge is 0.469 e. The molecule has 2 saturated heterocycles. The van der Waals surface area contributed by atoms with Crippen LogP contribution in [0.25, 0.3) is 10.9 Å². The van der Waals surface area contributed by atoms with E-state index in [4.69, 9.17) is 38.9 Å². The Labute approximate surface area is 314 Å². The summed E-state index contributed by atoms with van der Waals surface area (Å²) in [5.74, 6) is -6.70. The molecule has 2 aliphatic heterocycles. The number of nitrogens with zero attached hydrogens (tertiary/aromatic N) is 3. The van der Waals surface area contributed by atoms with Crippen LogP contribution < -0.4 is 0 Å². The number of thioether (sulfide) groups is 2. The molecule has 3 fully saturated rings. The zero-order valence-corrected chi connectivity index (χ0v) is 31.3. The van der Waals surface area contributed by atoms with Crippen LogP contribution in [0.15, 0.2) is 97.1 Å². The number of para-hydroxylation sites is 1. The van der Waals surface area contributed by atoms with E-state index in [1.807, 2.05) is 105 Å². The van der Waals surface area contributed by atoms with Gasteiger partial charge >= 0.3 is 11.9 Å². The number of fused-ring (bicyclic) bond motifs is 2. The highest BCUT2D eigenvalue weighted by molar-refractivity contribution is 8.28. The Morgan fingerprint density at radius 3 is 1.57 bits per heavy atom. The quantitative estimate of drug-likeness (QED) is 0.150. The van der Waals surface area contributed by atoms with Crippen molar-refractivity contribution in [3.05, 3.63) is 114 Å². The molecule has 1 aromatic heterocycles. The molecule has 0 radical (unpaired) electrons. The summed E-state index contributed by atoms with van der Waals surface area (Å²) >= 11 is 13.9. The van der Waals surface area contributed by atoms with E-state index in [0.29, 0.717) is 11.2 Å². The molecule has 13 heteroatoms. The first kappa shape index (κ1) is 35.2. The second kappa shape index (κ2) is 13.4. The summed E-state index contributed by atoms with van der Waals surface area (Å²) in [7, 11) is 2.45. The third-order valence-corrected chi connectivity index (χ3v) is 14.2. The number of pyridine rings is 1. The number of amides is 2. The Bertz CT molecular complexity index is 1990. The monoisotopic (exact) mass is 755 g/mol. The number of ether oxygens (including phenoxy) is 2. The van der Waals surface area contributed by atoms with Gasteiger partial charge in [-0.15, -0.1) is 0 Å². The summed E-state index contributed by atoms with van der Waals surface area (Å²) in [6.45, 7) is 3.68. The molecule has 3 unspecified atom stereocenters. The summed E-state index contributed by atoms with van der Waals surface area (Å²) < 4.78 is 7.30. The second-order valence-electron chi connectivity index (χ2n) is 12.7. The van der Waals surface area contributed by atoms with Gasteiger partial charge in [0.25, 0.3) is 0 Å². The van der Waals surface area contributed by atoms with Crippen molar-refractivity contribution < 1.29 is 28.7 Å². The van der Waals surface area contributed by atoms with Gasteiger partial charge in [-0.1, -0.05) is 133 Å². The zero-order valence-electron chi connectivity index (χ0n) is 28.0. The molecule has 3 aliphatic rings. The van der Waals surface area contributed by atoms with Crippen molar-refractivity contribution in [2.24, 2.45) is 11.8 Å². The molecule has 3 aromatic carbocycles. The number of methoxy groups -OCH3 is 2. The van der Waals surface area contributed by atoms with Gasteiger partial charge in [0.15, 0.2) is 0 Å². The van der Waals surface area contributed by atoms with E-state index in [2.05, 4.69) is 0 Å². The first-order chi connectivity index (χ1) is 24.5. The molecule has 2 spiro atoms. The van der Waals surface area contributed by atoms with Crippen molar-refractivity contribution in [2.45, 2.75) is 41.3 Å². The highest BCUT2D eigenvalue weighted by Gasteiger charge is 2.86. The lowest BCUT2D eigenvalue weighted by Gasteiger charge is -2.39. The Balaban J connectivity index is 1.52. The van der Waals surface area contributed by atoms with E-state index in [-0.39, 0.29) is 8.64 Å². The van der Waals surface area contributed by atoms with Crippen molar-refractivity contribution in [3.8, 4) is 0 Å². The summed E-state index contributed by atoms with van der Waals surface area (Å²) in [6.07, 6.45) is 0. The molecular formula is C38H33N3O6S4. The molecule has 0 N–H and O–H groups in total. The fraction of sp³-hybridized carbons (Fsp3) is 0.289. The van der Waals surface area contributed by atoms with Crippen LogP contribution in [-0.4, -0.2) is 70.9 Å². The van der Waals surface area contributed by atoms with Crippen molar-refractivity contribution >= 4 is 91.3 Å². The maximum Gasteiger partial charge on any atom is 0.311 e. The van der Waals surface area contributed by atoms with Crippen LogP contribution in [0.1, 0.15) is 48.7 Å². The number of thiocarbonyl (C=S) groups is 2. The zero-order chi connectivity index (χ0) is 36.2. The third kappa shape index (κ3) is 5.14. The van der Waals surface area contributed by atoms with Gasteiger partial charge in [0, 0.05) is 17.0 Å². The second-order valence-corrected chi connectivity index (χ2v) is 16.4. The van der Waals surface area contributed by atoms with E-state index in [1.54, 1.807) is 6.07 Å². The Hall–Kier alpha value is -4.17. The van der Waals surface area contributed by atoms with Crippen LogP contribution in [0.3, 0.4) is 0 Å². The number of rotatable bonds is 7. The normalized spacial score (nSPS) is 27.1. The average Bonchev–Trinajstić information content (AvgIpc) is 3.69. The summed E-state index contributed by atoms with van der Waals surface area (Å²) in [5.41, 5.74) is 2.53. The van der Waals surface area contributed by atoms with Crippen molar-refractivity contribution in [1.29, 1.82) is 0 Å². The Kier molecular flexibility index (Phi) is 9.28. The average molecular weight is 756 g/mol. The first-order valence-electron chi connectivity index (χ1n) is 16.3. The van der Waals surface area contributed by atoms with Gasteiger partial charge < -0.3 is 9.47 Å². The molecule has 51 heavy (non-hydrogen) atoms. The number of hydrogen-bond donors (Lipinski definition) is 0. The van der Waals surface area contributed by atoms with Crippen LogP contribution in [0.4, 0.5) is 0 Å². The molecule has 4 aromatic rings. The molecular weight excluding hydrogens is 723 g/mol. The standard InChI is InChI=1S/C38H33N3O6S4/c1-21(23-13-7-5-8-14-23)40-33(44)37(50-35(40)48)29(31(42)46-3)28(27-20-19-25-17-11-12-18-26(25)39-27)30(32(43)47-4)38(37)34(45)41(36(49)51-38)22(2)24-15-9-6-10-16-24/h5-22,28-30H,1-4H3/t21?,22?,28?,29-,30-,37-,38+/m0/s1. The van der Waals surface area contributed by atoms with Crippen molar-refractivity contribution in [1.82, 2.24) is 14.8 Å². The molecule has 1 aliphatic carbocycles.